The maximum Gasteiger partial charge on any atom is 0.246 e. The third-order valence-corrected chi connectivity index (χ3v) is 5.74. The lowest BCUT2D eigenvalue weighted by Crippen LogP contribution is -2.45. The largest absolute Gasteiger partial charge is 0.355 e. The summed E-state index contributed by atoms with van der Waals surface area (Å²) in [4.78, 5) is 18.5. The van der Waals surface area contributed by atoms with Crippen molar-refractivity contribution < 1.29 is 4.79 Å². The van der Waals surface area contributed by atoms with E-state index in [0.717, 1.165) is 25.2 Å². The number of carbonyl (C=O) groups is 1. The molecule has 0 saturated carbocycles. The summed E-state index contributed by atoms with van der Waals surface area (Å²) in [7, 11) is 1.74. The number of rotatable bonds is 4. The molecular weight excluding hydrogens is 435 g/mol. The second kappa shape index (κ2) is 9.50. The molecule has 0 bridgehead atoms. The van der Waals surface area contributed by atoms with Gasteiger partial charge in [-0.05, 0) is 36.6 Å². The zero-order valence-electron chi connectivity index (χ0n) is 14.0. The van der Waals surface area contributed by atoms with Crippen molar-refractivity contribution in [3.63, 3.8) is 0 Å². The lowest BCUT2D eigenvalue weighted by molar-refractivity contribution is -0.117. The van der Waals surface area contributed by atoms with Crippen molar-refractivity contribution in [2.45, 2.75) is 24.5 Å². The molecule has 2 N–H and O–H groups in total. The number of hydrogen-bond donors (Lipinski definition) is 2. The van der Waals surface area contributed by atoms with Crippen LogP contribution >= 0.6 is 35.7 Å². The van der Waals surface area contributed by atoms with Crippen molar-refractivity contribution in [3.05, 3.63) is 29.8 Å². The minimum absolute atomic E-state index is 0. The molecule has 132 valence electrons. The van der Waals surface area contributed by atoms with Crippen molar-refractivity contribution in [2.24, 2.45) is 4.99 Å². The number of nitrogens with zero attached hydrogens (tertiary/aromatic N) is 2. The number of thioether (sulfide) groups is 1. The molecule has 1 atom stereocenters. The lowest BCUT2D eigenvalue weighted by atomic mass is 10.2. The summed E-state index contributed by atoms with van der Waals surface area (Å²) in [6, 6.07) is 8.12. The Labute approximate surface area is 165 Å². The van der Waals surface area contributed by atoms with Gasteiger partial charge in [0.15, 0.2) is 5.96 Å². The predicted octanol–water partition coefficient (Wildman–Crippen LogP) is 2.25. The molecule has 1 fully saturated rings. The third-order valence-electron chi connectivity index (χ3n) is 4.34. The van der Waals surface area contributed by atoms with Gasteiger partial charge in [0, 0.05) is 31.1 Å². The van der Waals surface area contributed by atoms with E-state index in [1.165, 1.54) is 24.2 Å². The zero-order chi connectivity index (χ0) is 16.1. The number of nitrogens with one attached hydrogen (secondary N) is 2. The number of guanidine groups is 1. The summed E-state index contributed by atoms with van der Waals surface area (Å²) in [5, 5.41) is 7.12. The second-order valence-electron chi connectivity index (χ2n) is 5.87. The summed E-state index contributed by atoms with van der Waals surface area (Å²) in [6.07, 6.45) is 3.50. The van der Waals surface area contributed by atoms with E-state index in [1.807, 2.05) is 34.9 Å². The smallest absolute Gasteiger partial charge is 0.246 e. The molecule has 0 aromatic heterocycles. The summed E-state index contributed by atoms with van der Waals surface area (Å²) in [6.45, 7) is 1.95. The molecule has 5 nitrogen and oxygen atoms in total. The highest BCUT2D eigenvalue weighted by molar-refractivity contribution is 14.0. The van der Waals surface area contributed by atoms with Crippen LogP contribution in [0.1, 0.15) is 18.4 Å². The van der Waals surface area contributed by atoms with Gasteiger partial charge in [0.2, 0.25) is 5.91 Å². The molecule has 0 spiro atoms. The number of benzene rings is 1. The molecule has 1 unspecified atom stereocenters. The van der Waals surface area contributed by atoms with Gasteiger partial charge in [-0.25, -0.2) is 0 Å². The molecule has 3 rings (SSSR count). The van der Waals surface area contributed by atoms with Gasteiger partial charge in [0.25, 0.3) is 0 Å². The molecular formula is C17H25IN4OS. The molecule has 24 heavy (non-hydrogen) atoms. The fourth-order valence-electron chi connectivity index (χ4n) is 3.09. The van der Waals surface area contributed by atoms with Crippen LogP contribution in [0.15, 0.2) is 29.3 Å². The highest BCUT2D eigenvalue weighted by Gasteiger charge is 2.24. The van der Waals surface area contributed by atoms with Crippen LogP contribution in [0.4, 0.5) is 5.69 Å². The van der Waals surface area contributed by atoms with E-state index < -0.39 is 0 Å². The molecule has 1 aromatic carbocycles. The molecule has 1 aromatic rings. The van der Waals surface area contributed by atoms with E-state index in [4.69, 9.17) is 0 Å². The lowest BCUT2D eigenvalue weighted by Gasteiger charge is -2.19. The van der Waals surface area contributed by atoms with Crippen LogP contribution in [0.2, 0.25) is 0 Å². The van der Waals surface area contributed by atoms with Crippen molar-refractivity contribution in [1.29, 1.82) is 0 Å². The summed E-state index contributed by atoms with van der Waals surface area (Å²) >= 11 is 2.01. The summed E-state index contributed by atoms with van der Waals surface area (Å²) in [5.74, 6) is 2.05. The number of amides is 1. The van der Waals surface area contributed by atoms with E-state index in [9.17, 15) is 4.79 Å². The van der Waals surface area contributed by atoms with Crippen LogP contribution in [-0.2, 0) is 11.2 Å². The first-order valence-electron chi connectivity index (χ1n) is 8.22. The van der Waals surface area contributed by atoms with Crippen molar-refractivity contribution >= 4 is 53.3 Å². The minimum Gasteiger partial charge on any atom is -0.355 e. The van der Waals surface area contributed by atoms with Crippen LogP contribution < -0.4 is 15.5 Å². The number of para-hydroxylation sites is 1. The number of carbonyl (C=O) groups excluding carboxylic acids is 1. The Morgan fingerprint density at radius 3 is 2.96 bits per heavy atom. The Kier molecular flexibility index (Phi) is 7.67. The van der Waals surface area contributed by atoms with Crippen LogP contribution in [0.3, 0.4) is 0 Å². The topological polar surface area (TPSA) is 56.7 Å². The van der Waals surface area contributed by atoms with Crippen LogP contribution in [-0.4, -0.2) is 49.6 Å². The summed E-state index contributed by atoms with van der Waals surface area (Å²) < 4.78 is 0. The van der Waals surface area contributed by atoms with Gasteiger partial charge in [0.05, 0.1) is 6.54 Å². The molecule has 1 saturated heterocycles. The Hall–Kier alpha value is -0.960. The van der Waals surface area contributed by atoms with Gasteiger partial charge in [-0.3, -0.25) is 9.79 Å². The fraction of sp³-hybridized carbons (Fsp3) is 0.529. The highest BCUT2D eigenvalue weighted by atomic mass is 127. The van der Waals surface area contributed by atoms with Gasteiger partial charge >= 0.3 is 0 Å². The predicted molar refractivity (Wildman–Crippen MR) is 113 cm³/mol. The monoisotopic (exact) mass is 460 g/mol. The Bertz CT molecular complexity index is 590. The highest BCUT2D eigenvalue weighted by Crippen LogP contribution is 2.27. The van der Waals surface area contributed by atoms with E-state index in [1.54, 1.807) is 7.05 Å². The maximum atomic E-state index is 12.5. The van der Waals surface area contributed by atoms with Gasteiger partial charge in [0.1, 0.15) is 0 Å². The number of anilines is 1. The van der Waals surface area contributed by atoms with Crippen LogP contribution in [0, 0.1) is 0 Å². The molecule has 2 aliphatic rings. The number of aliphatic imine (C=N–C) groups is 1. The second-order valence-corrected chi connectivity index (χ2v) is 7.27. The number of hydrogen-bond acceptors (Lipinski definition) is 3. The van der Waals surface area contributed by atoms with E-state index in [2.05, 4.69) is 21.7 Å². The van der Waals surface area contributed by atoms with Gasteiger partial charge in [-0.1, -0.05) is 18.2 Å². The maximum absolute atomic E-state index is 12.5. The first kappa shape index (κ1) is 19.4. The van der Waals surface area contributed by atoms with Crippen molar-refractivity contribution in [3.8, 4) is 0 Å². The van der Waals surface area contributed by atoms with Gasteiger partial charge in [-0.2, -0.15) is 11.8 Å². The van der Waals surface area contributed by atoms with Crippen molar-refractivity contribution in [2.75, 3.05) is 37.3 Å². The molecule has 2 heterocycles. The van der Waals surface area contributed by atoms with Crippen LogP contribution in [0.5, 0.6) is 0 Å². The zero-order valence-corrected chi connectivity index (χ0v) is 17.1. The quantitative estimate of drug-likeness (QED) is 0.411. The SMILES string of the molecule is CN=C(NCC(=O)N1CCc2ccccc21)NCC1CCCS1.I. The molecule has 7 heteroatoms. The first-order chi connectivity index (χ1) is 11.3. The standard InChI is InChI=1S/C17H24N4OS.HI/c1-18-17(19-11-14-6-4-10-23-14)20-12-16(22)21-9-8-13-5-2-3-7-15(13)21;/h2-3,5,7,14H,4,6,8-12H2,1H3,(H2,18,19,20);1H. The van der Waals surface area contributed by atoms with E-state index in [-0.39, 0.29) is 36.4 Å². The Morgan fingerprint density at radius 2 is 2.21 bits per heavy atom. The van der Waals surface area contributed by atoms with Crippen LogP contribution in [0.25, 0.3) is 0 Å². The third kappa shape index (κ3) is 4.78. The molecule has 1 amide bonds. The molecule has 0 aliphatic carbocycles. The average Bonchev–Trinajstić information content (AvgIpc) is 3.24. The summed E-state index contributed by atoms with van der Waals surface area (Å²) in [5.41, 5.74) is 2.30. The van der Waals surface area contributed by atoms with Gasteiger partial charge < -0.3 is 15.5 Å². The van der Waals surface area contributed by atoms with Gasteiger partial charge in [-0.15, -0.1) is 24.0 Å². The Balaban J connectivity index is 0.00000208. The normalized spacial score (nSPS) is 19.6. The Morgan fingerprint density at radius 1 is 1.38 bits per heavy atom. The average molecular weight is 460 g/mol. The van der Waals surface area contributed by atoms with Crippen molar-refractivity contribution in [1.82, 2.24) is 10.6 Å². The van der Waals surface area contributed by atoms with E-state index >= 15 is 0 Å². The molecule has 0 radical (unpaired) electrons. The fourth-order valence-corrected chi connectivity index (χ4v) is 4.29. The molecule has 2 aliphatic heterocycles. The van der Waals surface area contributed by atoms with E-state index in [0.29, 0.717) is 11.2 Å². The first-order valence-corrected chi connectivity index (χ1v) is 9.27. The number of halogens is 1. The minimum atomic E-state index is 0. The number of fused-ring (bicyclic) bond motifs is 1.